The molecule has 0 radical (unpaired) electrons. The zero-order valence-corrected chi connectivity index (χ0v) is 12.5. The molecule has 1 atom stereocenters. The number of methoxy groups -OCH3 is 1. The highest BCUT2D eigenvalue weighted by Gasteiger charge is 2.24. The van der Waals surface area contributed by atoms with Crippen LogP contribution in [0.1, 0.15) is 44.7 Å². The number of aromatic nitrogens is 1. The number of thiazole rings is 1. The second-order valence-corrected chi connectivity index (χ2v) is 5.84. The summed E-state index contributed by atoms with van der Waals surface area (Å²) in [5.74, 6) is -0.222. The molecule has 0 N–H and O–H groups in total. The third kappa shape index (κ3) is 3.69. The topological polar surface area (TPSA) is 42.4 Å². The van der Waals surface area contributed by atoms with Crippen molar-refractivity contribution in [3.05, 3.63) is 11.1 Å². The fourth-order valence-corrected chi connectivity index (χ4v) is 3.54. The number of esters is 1. The highest BCUT2D eigenvalue weighted by atomic mass is 32.1. The Labute approximate surface area is 118 Å². The predicted molar refractivity (Wildman–Crippen MR) is 77.7 cm³/mol. The Morgan fingerprint density at radius 2 is 2.42 bits per heavy atom. The van der Waals surface area contributed by atoms with Gasteiger partial charge in [0.25, 0.3) is 0 Å². The molecule has 1 aromatic rings. The molecule has 4 nitrogen and oxygen atoms in total. The van der Waals surface area contributed by atoms with E-state index in [0.29, 0.717) is 6.04 Å². The minimum Gasteiger partial charge on any atom is -0.469 e. The van der Waals surface area contributed by atoms with E-state index in [9.17, 15) is 4.79 Å². The van der Waals surface area contributed by atoms with Crippen LogP contribution in [0.5, 0.6) is 0 Å². The molecule has 1 aliphatic rings. The first kappa shape index (κ1) is 14.3. The second kappa shape index (κ2) is 6.89. The van der Waals surface area contributed by atoms with Crippen molar-refractivity contribution in [3.8, 4) is 0 Å². The average Bonchev–Trinajstić information content (AvgIpc) is 2.88. The largest absolute Gasteiger partial charge is 0.469 e. The monoisotopic (exact) mass is 282 g/mol. The van der Waals surface area contributed by atoms with E-state index in [0.717, 1.165) is 17.4 Å². The molecule has 5 heteroatoms. The fourth-order valence-electron chi connectivity index (χ4n) is 2.62. The van der Waals surface area contributed by atoms with Crippen LogP contribution in [0.3, 0.4) is 0 Å². The van der Waals surface area contributed by atoms with Crippen molar-refractivity contribution in [3.63, 3.8) is 0 Å². The second-order valence-electron chi connectivity index (χ2n) is 5.01. The lowest BCUT2D eigenvalue weighted by molar-refractivity contribution is -0.139. The molecule has 0 bridgehead atoms. The van der Waals surface area contributed by atoms with Crippen molar-refractivity contribution in [2.24, 2.45) is 0 Å². The first-order valence-electron chi connectivity index (χ1n) is 7.02. The van der Waals surface area contributed by atoms with Gasteiger partial charge in [-0.1, -0.05) is 13.3 Å². The van der Waals surface area contributed by atoms with Crippen molar-refractivity contribution < 1.29 is 9.53 Å². The Balaban J connectivity index is 2.05. The van der Waals surface area contributed by atoms with Crippen molar-refractivity contribution >= 4 is 22.4 Å². The lowest BCUT2D eigenvalue weighted by Gasteiger charge is -2.35. The van der Waals surface area contributed by atoms with Crippen LogP contribution in [-0.2, 0) is 16.0 Å². The molecule has 0 spiro atoms. The summed E-state index contributed by atoms with van der Waals surface area (Å²) in [5, 5.41) is 3.04. The number of hydrogen-bond donors (Lipinski definition) is 0. The smallest absolute Gasteiger partial charge is 0.311 e. The first-order chi connectivity index (χ1) is 9.24. The molecule has 106 valence electrons. The molecule has 1 unspecified atom stereocenters. The summed E-state index contributed by atoms with van der Waals surface area (Å²) in [6.45, 7) is 3.33. The number of hydrogen-bond acceptors (Lipinski definition) is 5. The molecule has 0 saturated carbocycles. The van der Waals surface area contributed by atoms with Crippen molar-refractivity contribution in [2.45, 2.75) is 51.5 Å². The van der Waals surface area contributed by atoms with E-state index >= 15 is 0 Å². The van der Waals surface area contributed by atoms with Gasteiger partial charge < -0.3 is 9.64 Å². The zero-order valence-electron chi connectivity index (χ0n) is 11.7. The van der Waals surface area contributed by atoms with Gasteiger partial charge in [-0.05, 0) is 25.7 Å². The molecule has 1 fully saturated rings. The van der Waals surface area contributed by atoms with Gasteiger partial charge in [0.1, 0.15) is 0 Å². The Morgan fingerprint density at radius 3 is 3.16 bits per heavy atom. The van der Waals surface area contributed by atoms with Crippen LogP contribution in [0.25, 0.3) is 0 Å². The molecule has 0 aliphatic carbocycles. The quantitative estimate of drug-likeness (QED) is 0.779. The Kier molecular flexibility index (Phi) is 5.19. The number of nitrogens with zero attached hydrogens (tertiary/aromatic N) is 2. The summed E-state index contributed by atoms with van der Waals surface area (Å²) in [5.41, 5.74) is 0.827. The molecule has 1 aromatic heterocycles. The third-order valence-corrected chi connectivity index (χ3v) is 4.51. The third-order valence-electron chi connectivity index (χ3n) is 3.59. The Bertz CT molecular complexity index is 417. The summed E-state index contributed by atoms with van der Waals surface area (Å²) in [7, 11) is 1.41. The van der Waals surface area contributed by atoms with Crippen LogP contribution in [0.4, 0.5) is 5.13 Å². The maximum absolute atomic E-state index is 11.3. The molecule has 0 amide bonds. The summed E-state index contributed by atoms with van der Waals surface area (Å²) in [6.07, 6.45) is 6.54. The summed E-state index contributed by atoms with van der Waals surface area (Å²) in [4.78, 5) is 18.3. The standard InChI is InChI=1S/C14H22N2O2S/c1-3-6-12-7-4-5-8-16(12)14-15-11(10-19-14)9-13(17)18-2/h10,12H,3-9H2,1-2H3. The van der Waals surface area contributed by atoms with Crippen LogP contribution < -0.4 is 4.90 Å². The lowest BCUT2D eigenvalue weighted by atomic mass is 9.99. The van der Waals surface area contributed by atoms with E-state index in [1.54, 1.807) is 11.3 Å². The number of rotatable bonds is 5. The predicted octanol–water partition coefficient (Wildman–Crippen LogP) is 3.02. The van der Waals surface area contributed by atoms with Gasteiger partial charge >= 0.3 is 5.97 Å². The van der Waals surface area contributed by atoms with Gasteiger partial charge in [0.2, 0.25) is 0 Å². The van der Waals surface area contributed by atoms with Crippen LogP contribution in [-0.4, -0.2) is 30.6 Å². The number of anilines is 1. The van der Waals surface area contributed by atoms with E-state index in [-0.39, 0.29) is 12.4 Å². The minimum atomic E-state index is -0.222. The Morgan fingerprint density at radius 1 is 1.58 bits per heavy atom. The maximum atomic E-state index is 11.3. The van der Waals surface area contributed by atoms with E-state index in [1.165, 1.54) is 39.2 Å². The van der Waals surface area contributed by atoms with Crippen molar-refractivity contribution in [1.82, 2.24) is 4.98 Å². The van der Waals surface area contributed by atoms with Gasteiger partial charge in [0.15, 0.2) is 5.13 Å². The maximum Gasteiger partial charge on any atom is 0.311 e. The summed E-state index contributed by atoms with van der Waals surface area (Å²) < 4.78 is 4.68. The van der Waals surface area contributed by atoms with Crippen molar-refractivity contribution in [2.75, 3.05) is 18.6 Å². The van der Waals surface area contributed by atoms with Crippen LogP contribution in [0, 0.1) is 0 Å². The molecule has 19 heavy (non-hydrogen) atoms. The van der Waals surface area contributed by atoms with E-state index in [1.807, 2.05) is 5.38 Å². The van der Waals surface area contributed by atoms with Gasteiger partial charge in [0, 0.05) is 18.0 Å². The molecule has 1 aliphatic heterocycles. The SMILES string of the molecule is CCCC1CCCCN1c1nc(CC(=O)OC)cs1. The lowest BCUT2D eigenvalue weighted by Crippen LogP contribution is -2.39. The molecule has 1 saturated heterocycles. The zero-order chi connectivity index (χ0) is 13.7. The van der Waals surface area contributed by atoms with E-state index in [2.05, 4.69) is 21.5 Å². The summed E-state index contributed by atoms with van der Waals surface area (Å²) >= 11 is 1.65. The molecule has 2 rings (SSSR count). The average molecular weight is 282 g/mol. The first-order valence-corrected chi connectivity index (χ1v) is 7.90. The van der Waals surface area contributed by atoms with Crippen LogP contribution in [0.2, 0.25) is 0 Å². The van der Waals surface area contributed by atoms with Crippen LogP contribution >= 0.6 is 11.3 Å². The van der Waals surface area contributed by atoms with Gasteiger partial charge in [-0.3, -0.25) is 4.79 Å². The number of carbonyl (C=O) groups is 1. The highest BCUT2D eigenvalue weighted by molar-refractivity contribution is 7.13. The molecule has 2 heterocycles. The molecule has 0 aromatic carbocycles. The van der Waals surface area contributed by atoms with Crippen LogP contribution in [0.15, 0.2) is 5.38 Å². The number of carbonyl (C=O) groups excluding carboxylic acids is 1. The number of ether oxygens (including phenoxy) is 1. The molecular formula is C14H22N2O2S. The normalized spacial score (nSPS) is 19.5. The van der Waals surface area contributed by atoms with Gasteiger partial charge in [-0.25, -0.2) is 4.98 Å². The van der Waals surface area contributed by atoms with Gasteiger partial charge in [-0.2, -0.15) is 0 Å². The Hall–Kier alpha value is -1.10. The fraction of sp³-hybridized carbons (Fsp3) is 0.714. The van der Waals surface area contributed by atoms with Gasteiger partial charge in [0.05, 0.1) is 19.2 Å². The number of piperidine rings is 1. The highest BCUT2D eigenvalue weighted by Crippen LogP contribution is 2.29. The van der Waals surface area contributed by atoms with E-state index in [4.69, 9.17) is 0 Å². The van der Waals surface area contributed by atoms with Gasteiger partial charge in [-0.15, -0.1) is 11.3 Å². The summed E-state index contributed by atoms with van der Waals surface area (Å²) in [6, 6.07) is 0.621. The van der Waals surface area contributed by atoms with E-state index < -0.39 is 0 Å². The van der Waals surface area contributed by atoms with Crippen molar-refractivity contribution in [1.29, 1.82) is 0 Å². The minimum absolute atomic E-state index is 0.222. The molecular weight excluding hydrogens is 260 g/mol.